The zero-order valence-corrected chi connectivity index (χ0v) is 15.6. The quantitative estimate of drug-likeness (QED) is 0.885. The van der Waals surface area contributed by atoms with E-state index in [0.29, 0.717) is 36.0 Å². The van der Waals surface area contributed by atoms with Gasteiger partial charge in [-0.05, 0) is 42.2 Å². The zero-order valence-electron chi connectivity index (χ0n) is 14.9. The first-order valence-electron chi connectivity index (χ1n) is 9.04. The molecule has 2 aliphatic rings. The molecule has 1 unspecified atom stereocenters. The summed E-state index contributed by atoms with van der Waals surface area (Å²) >= 11 is 6.03. The molecule has 1 amide bonds. The molecule has 1 atom stereocenters. The van der Waals surface area contributed by atoms with Crippen molar-refractivity contribution in [2.75, 3.05) is 31.6 Å². The Labute approximate surface area is 163 Å². The van der Waals surface area contributed by atoms with Gasteiger partial charge in [-0.25, -0.2) is 0 Å². The zero-order chi connectivity index (χ0) is 18.9. The lowest BCUT2D eigenvalue weighted by molar-refractivity contribution is -0.129. The molecule has 0 bridgehead atoms. The second-order valence-electron chi connectivity index (χ2n) is 7.07. The van der Waals surface area contributed by atoms with Crippen LogP contribution in [0.5, 0.6) is 0 Å². The van der Waals surface area contributed by atoms with Crippen LogP contribution in [0, 0.1) is 11.3 Å². The Morgan fingerprint density at radius 1 is 1.33 bits per heavy atom. The van der Waals surface area contributed by atoms with Crippen molar-refractivity contribution in [1.82, 2.24) is 4.90 Å². The highest BCUT2D eigenvalue weighted by atomic mass is 35.5. The van der Waals surface area contributed by atoms with E-state index >= 15 is 0 Å². The summed E-state index contributed by atoms with van der Waals surface area (Å²) in [5.74, 6) is -0.0980. The molecule has 1 fully saturated rings. The Morgan fingerprint density at radius 2 is 2.19 bits per heavy atom. The number of amides is 1. The van der Waals surface area contributed by atoms with Crippen LogP contribution in [0.4, 0.5) is 5.69 Å². The number of nitriles is 1. The van der Waals surface area contributed by atoms with Crippen molar-refractivity contribution in [3.8, 4) is 6.07 Å². The number of fused-ring (bicyclic) bond motifs is 2. The van der Waals surface area contributed by atoms with Gasteiger partial charge in [0.05, 0.1) is 23.7 Å². The van der Waals surface area contributed by atoms with E-state index in [4.69, 9.17) is 21.6 Å². The van der Waals surface area contributed by atoms with Crippen molar-refractivity contribution in [1.29, 1.82) is 5.26 Å². The number of morpholine rings is 1. The molecule has 27 heavy (non-hydrogen) atoms. The van der Waals surface area contributed by atoms with E-state index in [1.807, 2.05) is 6.07 Å². The van der Waals surface area contributed by atoms with Crippen LogP contribution < -0.4 is 5.32 Å². The summed E-state index contributed by atoms with van der Waals surface area (Å²) in [6.07, 6.45) is 1.97. The molecule has 0 aromatic heterocycles. The topological polar surface area (TPSA) is 65.4 Å². The number of hydrogen-bond acceptors (Lipinski definition) is 4. The summed E-state index contributed by atoms with van der Waals surface area (Å²) in [6, 6.07) is 15.3. The lowest BCUT2D eigenvalue weighted by atomic mass is 9.93. The lowest BCUT2D eigenvalue weighted by Gasteiger charge is -2.41. The maximum Gasteiger partial charge on any atom is 0.238 e. The Kier molecular flexibility index (Phi) is 4.88. The summed E-state index contributed by atoms with van der Waals surface area (Å²) in [4.78, 5) is 14.6. The number of anilines is 1. The van der Waals surface area contributed by atoms with E-state index in [1.165, 1.54) is 11.1 Å². The van der Waals surface area contributed by atoms with Crippen molar-refractivity contribution >= 4 is 23.2 Å². The Morgan fingerprint density at radius 3 is 3.00 bits per heavy atom. The van der Waals surface area contributed by atoms with Gasteiger partial charge in [0.25, 0.3) is 0 Å². The van der Waals surface area contributed by atoms with Gasteiger partial charge in [0, 0.05) is 18.8 Å². The SMILES string of the molecule is N#Cc1ccc(NC(=O)CN2CCOC3(CCc4ccccc43)C2)cc1Cl. The van der Waals surface area contributed by atoms with Gasteiger partial charge in [-0.15, -0.1) is 0 Å². The molecular weight excluding hydrogens is 362 g/mol. The third-order valence-corrected chi connectivity index (χ3v) is 5.62. The van der Waals surface area contributed by atoms with Gasteiger partial charge >= 0.3 is 0 Å². The molecule has 2 aromatic rings. The second kappa shape index (κ2) is 7.32. The number of carbonyl (C=O) groups excluding carboxylic acids is 1. The van der Waals surface area contributed by atoms with Gasteiger partial charge in [0.2, 0.25) is 5.91 Å². The van der Waals surface area contributed by atoms with E-state index in [9.17, 15) is 4.79 Å². The minimum absolute atomic E-state index is 0.0980. The normalized spacial score (nSPS) is 21.6. The third-order valence-electron chi connectivity index (χ3n) is 5.31. The number of nitrogens with one attached hydrogen (secondary N) is 1. The smallest absolute Gasteiger partial charge is 0.238 e. The fourth-order valence-electron chi connectivity index (χ4n) is 4.05. The van der Waals surface area contributed by atoms with Crippen LogP contribution in [0.3, 0.4) is 0 Å². The van der Waals surface area contributed by atoms with Crippen LogP contribution >= 0.6 is 11.6 Å². The number of aryl methyl sites for hydroxylation is 1. The van der Waals surface area contributed by atoms with E-state index in [0.717, 1.165) is 19.4 Å². The van der Waals surface area contributed by atoms with Crippen molar-refractivity contribution in [3.63, 3.8) is 0 Å². The van der Waals surface area contributed by atoms with E-state index in [-0.39, 0.29) is 11.5 Å². The summed E-state index contributed by atoms with van der Waals surface area (Å²) in [7, 11) is 0. The number of carbonyl (C=O) groups is 1. The van der Waals surface area contributed by atoms with Crippen LogP contribution in [0.15, 0.2) is 42.5 Å². The van der Waals surface area contributed by atoms with E-state index in [1.54, 1.807) is 18.2 Å². The number of halogens is 1. The third kappa shape index (κ3) is 3.57. The Hall–Kier alpha value is -2.39. The number of benzene rings is 2. The van der Waals surface area contributed by atoms with Crippen LogP contribution in [0.25, 0.3) is 0 Å². The Balaban J connectivity index is 1.42. The molecule has 1 saturated heterocycles. The monoisotopic (exact) mass is 381 g/mol. The van der Waals surface area contributed by atoms with Crippen molar-refractivity contribution < 1.29 is 9.53 Å². The van der Waals surface area contributed by atoms with Crippen LogP contribution in [0.2, 0.25) is 5.02 Å². The molecule has 138 valence electrons. The predicted octanol–water partition coefficient (Wildman–Crippen LogP) is 3.32. The second-order valence-corrected chi connectivity index (χ2v) is 7.47. The van der Waals surface area contributed by atoms with Crippen molar-refractivity contribution in [2.24, 2.45) is 0 Å². The van der Waals surface area contributed by atoms with Crippen LogP contribution in [-0.2, 0) is 21.6 Å². The highest BCUT2D eigenvalue weighted by molar-refractivity contribution is 6.32. The summed E-state index contributed by atoms with van der Waals surface area (Å²) in [5, 5.41) is 12.1. The first-order valence-corrected chi connectivity index (χ1v) is 9.42. The molecule has 1 spiro atoms. The van der Waals surface area contributed by atoms with Gasteiger partial charge in [-0.2, -0.15) is 5.26 Å². The molecule has 0 saturated carbocycles. The number of ether oxygens (including phenoxy) is 1. The molecule has 1 heterocycles. The molecule has 5 nitrogen and oxygen atoms in total. The lowest BCUT2D eigenvalue weighted by Crippen LogP contribution is -2.50. The maximum absolute atomic E-state index is 12.5. The van der Waals surface area contributed by atoms with Crippen LogP contribution in [-0.4, -0.2) is 37.0 Å². The van der Waals surface area contributed by atoms with Gasteiger partial charge in [-0.3, -0.25) is 9.69 Å². The summed E-state index contributed by atoms with van der Waals surface area (Å²) < 4.78 is 6.20. The molecule has 4 rings (SSSR count). The number of rotatable bonds is 3. The molecule has 6 heteroatoms. The van der Waals surface area contributed by atoms with Crippen molar-refractivity contribution in [3.05, 3.63) is 64.2 Å². The van der Waals surface area contributed by atoms with Gasteiger partial charge in [0.1, 0.15) is 11.7 Å². The van der Waals surface area contributed by atoms with Gasteiger partial charge in [0.15, 0.2) is 0 Å². The van der Waals surface area contributed by atoms with Crippen molar-refractivity contribution in [2.45, 2.75) is 18.4 Å². The highest BCUT2D eigenvalue weighted by Crippen LogP contribution is 2.42. The standard InChI is InChI=1S/C21H20ClN3O2/c22-19-11-17(6-5-16(19)12-23)24-20(26)13-25-9-10-27-21(14-25)8-7-15-3-1-2-4-18(15)21/h1-6,11H,7-10,13-14H2,(H,24,26). The maximum atomic E-state index is 12.5. The molecule has 0 radical (unpaired) electrons. The average molecular weight is 382 g/mol. The van der Waals surface area contributed by atoms with Crippen LogP contribution in [0.1, 0.15) is 23.1 Å². The molecule has 1 N–H and O–H groups in total. The molecule has 2 aromatic carbocycles. The first kappa shape index (κ1) is 18.0. The van der Waals surface area contributed by atoms with Gasteiger partial charge < -0.3 is 10.1 Å². The largest absolute Gasteiger partial charge is 0.368 e. The predicted molar refractivity (Wildman–Crippen MR) is 104 cm³/mol. The van der Waals surface area contributed by atoms with E-state index in [2.05, 4.69) is 34.5 Å². The molecular formula is C21H20ClN3O2. The fraction of sp³-hybridized carbons (Fsp3) is 0.333. The molecule has 1 aliphatic heterocycles. The number of nitrogens with zero attached hydrogens (tertiary/aromatic N) is 2. The summed E-state index contributed by atoms with van der Waals surface area (Å²) in [6.45, 7) is 2.35. The van der Waals surface area contributed by atoms with E-state index < -0.39 is 0 Å². The molecule has 1 aliphatic carbocycles. The minimum Gasteiger partial charge on any atom is -0.368 e. The average Bonchev–Trinajstić information content (AvgIpc) is 3.00. The first-order chi connectivity index (χ1) is 13.1. The minimum atomic E-state index is -0.299. The number of hydrogen-bond donors (Lipinski definition) is 1. The fourth-order valence-corrected chi connectivity index (χ4v) is 4.27. The Bertz CT molecular complexity index is 920. The highest BCUT2D eigenvalue weighted by Gasteiger charge is 2.43. The van der Waals surface area contributed by atoms with Gasteiger partial charge in [-0.1, -0.05) is 35.9 Å². The summed E-state index contributed by atoms with van der Waals surface area (Å²) in [5.41, 5.74) is 3.29.